The first-order chi connectivity index (χ1) is 16.6. The molecule has 1 saturated heterocycles. The lowest BCUT2D eigenvalue weighted by Gasteiger charge is -2.22. The fourth-order valence-electron chi connectivity index (χ4n) is 3.82. The van der Waals surface area contributed by atoms with E-state index in [-0.39, 0.29) is 17.3 Å². The molecule has 182 valence electrons. The van der Waals surface area contributed by atoms with Crippen LogP contribution in [0.1, 0.15) is 37.0 Å². The van der Waals surface area contributed by atoms with E-state index in [1.165, 1.54) is 11.9 Å². The predicted molar refractivity (Wildman–Crippen MR) is 130 cm³/mol. The van der Waals surface area contributed by atoms with Gasteiger partial charge in [0.2, 0.25) is 5.95 Å². The molecule has 12 heteroatoms. The number of anilines is 1. The molecule has 3 aromatic rings. The number of halogens is 1. The highest BCUT2D eigenvalue weighted by Crippen LogP contribution is 2.39. The summed E-state index contributed by atoms with van der Waals surface area (Å²) in [5, 5.41) is 9.36. The molecule has 1 fully saturated rings. The SMILES string of the molecule is COc1cccc(OC)c1-n1c(NSC(C)C(OC)c2ncc(Cl)cn2)nnc1[C@@H]1CCOC1. The lowest BCUT2D eigenvalue weighted by Crippen LogP contribution is -2.19. The molecule has 10 nitrogen and oxygen atoms in total. The fraction of sp³-hybridized carbons (Fsp3) is 0.455. The largest absolute Gasteiger partial charge is 0.494 e. The van der Waals surface area contributed by atoms with Gasteiger partial charge in [0.25, 0.3) is 0 Å². The van der Waals surface area contributed by atoms with Gasteiger partial charge in [0.1, 0.15) is 29.1 Å². The molecular formula is C22H27ClN6O4S. The Kier molecular flexibility index (Phi) is 8.09. The second-order valence-electron chi connectivity index (χ2n) is 7.63. The van der Waals surface area contributed by atoms with Crippen LogP contribution in [0.15, 0.2) is 30.6 Å². The number of methoxy groups -OCH3 is 3. The van der Waals surface area contributed by atoms with E-state index in [0.717, 1.165) is 17.9 Å². The van der Waals surface area contributed by atoms with Crippen molar-refractivity contribution in [2.24, 2.45) is 0 Å². The average Bonchev–Trinajstić information content (AvgIpc) is 3.53. The van der Waals surface area contributed by atoms with Crippen LogP contribution < -0.4 is 14.2 Å². The van der Waals surface area contributed by atoms with Crippen LogP contribution in [-0.2, 0) is 9.47 Å². The fourth-order valence-corrected chi connectivity index (χ4v) is 4.70. The molecule has 1 aromatic carbocycles. The van der Waals surface area contributed by atoms with Gasteiger partial charge in [0.15, 0.2) is 5.82 Å². The lowest BCUT2D eigenvalue weighted by molar-refractivity contribution is 0.0972. The van der Waals surface area contributed by atoms with Crippen LogP contribution in [0.2, 0.25) is 5.02 Å². The molecule has 0 aliphatic carbocycles. The summed E-state index contributed by atoms with van der Waals surface area (Å²) in [6.45, 7) is 3.28. The summed E-state index contributed by atoms with van der Waals surface area (Å²) >= 11 is 7.36. The van der Waals surface area contributed by atoms with Crippen molar-refractivity contribution in [3.8, 4) is 17.2 Å². The number of aromatic nitrogens is 5. The van der Waals surface area contributed by atoms with E-state index in [1.807, 2.05) is 29.7 Å². The van der Waals surface area contributed by atoms with Crippen molar-refractivity contribution in [2.45, 2.75) is 30.6 Å². The standard InChI is InChI=1S/C22H27ClN6O4S/c1-13(19(32-4)20-24-10-15(23)11-25-20)34-28-22-27-26-21(14-8-9-33-12-14)29(22)18-16(30-2)6-5-7-17(18)31-3/h5-7,10-11,13-14,19H,8-9,12H2,1-4H3,(H,27,28)/t13?,14-,19?/m1/s1. The third-order valence-electron chi connectivity index (χ3n) is 5.52. The van der Waals surface area contributed by atoms with E-state index in [1.54, 1.807) is 33.7 Å². The molecule has 3 atom stereocenters. The number of hydrogen-bond donors (Lipinski definition) is 1. The highest BCUT2D eigenvalue weighted by Gasteiger charge is 2.30. The zero-order valence-corrected chi connectivity index (χ0v) is 21.0. The number of nitrogens with one attached hydrogen (secondary N) is 1. The van der Waals surface area contributed by atoms with Gasteiger partial charge in [-0.3, -0.25) is 9.29 Å². The Morgan fingerprint density at radius 1 is 1.15 bits per heavy atom. The molecule has 2 aromatic heterocycles. The Hall–Kier alpha value is -2.60. The smallest absolute Gasteiger partial charge is 0.239 e. The number of nitrogens with zero attached hydrogens (tertiary/aromatic N) is 5. The topological polar surface area (TPSA) is 105 Å². The number of para-hydroxylation sites is 1. The number of benzene rings is 1. The molecular weight excluding hydrogens is 480 g/mol. The summed E-state index contributed by atoms with van der Waals surface area (Å²) < 4.78 is 27.9. The summed E-state index contributed by atoms with van der Waals surface area (Å²) in [6, 6.07) is 5.64. The molecule has 3 heterocycles. The summed E-state index contributed by atoms with van der Waals surface area (Å²) in [4.78, 5) is 8.61. The third-order valence-corrected chi connectivity index (χ3v) is 6.63. The van der Waals surface area contributed by atoms with Gasteiger partial charge in [-0.1, -0.05) is 17.7 Å². The van der Waals surface area contributed by atoms with E-state index in [9.17, 15) is 0 Å². The summed E-state index contributed by atoms with van der Waals surface area (Å²) in [7, 11) is 4.88. The second-order valence-corrected chi connectivity index (χ2v) is 9.25. The van der Waals surface area contributed by atoms with Gasteiger partial charge in [0.05, 0.1) is 31.1 Å². The Morgan fingerprint density at radius 2 is 1.85 bits per heavy atom. The van der Waals surface area contributed by atoms with Crippen LogP contribution in [0.3, 0.4) is 0 Å². The molecule has 0 radical (unpaired) electrons. The van der Waals surface area contributed by atoms with Gasteiger partial charge < -0.3 is 18.9 Å². The van der Waals surface area contributed by atoms with Gasteiger partial charge >= 0.3 is 0 Å². The summed E-state index contributed by atoms with van der Waals surface area (Å²) in [6.07, 6.45) is 3.61. The zero-order valence-electron chi connectivity index (χ0n) is 19.4. The van der Waals surface area contributed by atoms with Crippen molar-refractivity contribution in [1.29, 1.82) is 0 Å². The normalized spacial score (nSPS) is 17.4. The van der Waals surface area contributed by atoms with E-state index in [2.05, 4.69) is 24.9 Å². The molecule has 0 saturated carbocycles. The van der Waals surface area contributed by atoms with Gasteiger partial charge in [0, 0.05) is 32.0 Å². The minimum Gasteiger partial charge on any atom is -0.494 e. The predicted octanol–water partition coefficient (Wildman–Crippen LogP) is 4.07. The van der Waals surface area contributed by atoms with Crippen molar-refractivity contribution in [1.82, 2.24) is 24.7 Å². The minimum atomic E-state index is -0.366. The first-order valence-electron chi connectivity index (χ1n) is 10.7. The molecule has 2 unspecified atom stereocenters. The number of hydrogen-bond acceptors (Lipinski definition) is 10. The maximum absolute atomic E-state index is 5.93. The molecule has 0 amide bonds. The zero-order chi connectivity index (χ0) is 24.1. The van der Waals surface area contributed by atoms with Crippen LogP contribution in [0, 0.1) is 0 Å². The van der Waals surface area contributed by atoms with Crippen LogP contribution in [0.5, 0.6) is 11.5 Å². The van der Waals surface area contributed by atoms with Crippen LogP contribution in [0.4, 0.5) is 5.95 Å². The first-order valence-corrected chi connectivity index (χ1v) is 12.0. The summed E-state index contributed by atoms with van der Waals surface area (Å²) in [5.41, 5.74) is 0.722. The van der Waals surface area contributed by atoms with Crippen molar-refractivity contribution >= 4 is 29.5 Å². The molecule has 34 heavy (non-hydrogen) atoms. The van der Waals surface area contributed by atoms with Crippen molar-refractivity contribution in [3.63, 3.8) is 0 Å². The number of ether oxygens (including phenoxy) is 4. The van der Waals surface area contributed by atoms with Gasteiger partial charge in [-0.25, -0.2) is 9.97 Å². The van der Waals surface area contributed by atoms with E-state index in [0.29, 0.717) is 41.5 Å². The molecule has 1 N–H and O–H groups in total. The lowest BCUT2D eigenvalue weighted by atomic mass is 10.1. The minimum absolute atomic E-state index is 0.0749. The molecule has 4 rings (SSSR count). The van der Waals surface area contributed by atoms with Crippen molar-refractivity contribution in [3.05, 3.63) is 47.3 Å². The van der Waals surface area contributed by atoms with Gasteiger partial charge in [-0.2, -0.15) is 0 Å². The summed E-state index contributed by atoms with van der Waals surface area (Å²) in [5.74, 6) is 3.25. The Morgan fingerprint density at radius 3 is 2.44 bits per heavy atom. The Bertz CT molecular complexity index is 1070. The third kappa shape index (κ3) is 5.07. The van der Waals surface area contributed by atoms with Gasteiger partial charge in [-0.05, 0) is 37.4 Å². The second kappa shape index (κ2) is 11.2. The van der Waals surface area contributed by atoms with Crippen LogP contribution >= 0.6 is 23.5 Å². The van der Waals surface area contributed by atoms with Gasteiger partial charge in [-0.15, -0.1) is 10.2 Å². The molecule has 1 aliphatic heterocycles. The Labute approximate surface area is 207 Å². The van der Waals surface area contributed by atoms with Crippen molar-refractivity contribution < 1.29 is 18.9 Å². The van der Waals surface area contributed by atoms with Crippen molar-refractivity contribution in [2.75, 3.05) is 39.3 Å². The van der Waals surface area contributed by atoms with E-state index < -0.39 is 0 Å². The van der Waals surface area contributed by atoms with E-state index in [4.69, 9.17) is 30.5 Å². The molecule has 0 spiro atoms. The van der Waals surface area contributed by atoms with Crippen LogP contribution in [0.25, 0.3) is 5.69 Å². The monoisotopic (exact) mass is 506 g/mol. The Balaban J connectivity index is 1.66. The maximum atomic E-state index is 5.93. The highest BCUT2D eigenvalue weighted by atomic mass is 35.5. The molecule has 1 aliphatic rings. The molecule has 0 bridgehead atoms. The average molecular weight is 507 g/mol. The quantitative estimate of drug-likeness (QED) is 0.404. The van der Waals surface area contributed by atoms with Crippen LogP contribution in [-0.4, -0.2) is 64.5 Å². The van der Waals surface area contributed by atoms with E-state index >= 15 is 0 Å². The highest BCUT2D eigenvalue weighted by molar-refractivity contribution is 8.01. The number of rotatable bonds is 10. The maximum Gasteiger partial charge on any atom is 0.239 e. The first kappa shape index (κ1) is 24.5.